The molecule has 3 rings (SSSR count). The lowest BCUT2D eigenvalue weighted by atomic mass is 10.3. The predicted molar refractivity (Wildman–Crippen MR) is 86.1 cm³/mol. The summed E-state index contributed by atoms with van der Waals surface area (Å²) in [6, 6.07) is 4.26. The summed E-state index contributed by atoms with van der Waals surface area (Å²) in [5, 5.41) is 1.97. The number of esters is 1. The molecule has 0 saturated heterocycles. The molecule has 0 atom stereocenters. The van der Waals surface area contributed by atoms with E-state index in [-0.39, 0.29) is 12.4 Å². The van der Waals surface area contributed by atoms with Crippen molar-refractivity contribution in [2.45, 2.75) is 26.7 Å². The van der Waals surface area contributed by atoms with Crippen LogP contribution in [-0.2, 0) is 22.4 Å². The lowest BCUT2D eigenvalue weighted by Gasteiger charge is -2.00. The normalized spacial score (nSPS) is 11.1. The van der Waals surface area contributed by atoms with E-state index in [1.807, 2.05) is 22.9 Å². The minimum atomic E-state index is -0.197. The van der Waals surface area contributed by atoms with Gasteiger partial charge >= 0.3 is 5.97 Å². The van der Waals surface area contributed by atoms with Crippen molar-refractivity contribution in [3.05, 3.63) is 34.3 Å². The monoisotopic (exact) mass is 320 g/mol. The molecule has 0 saturated carbocycles. The van der Waals surface area contributed by atoms with Crippen molar-refractivity contribution in [1.29, 1.82) is 0 Å². The van der Waals surface area contributed by atoms with E-state index in [0.717, 1.165) is 22.8 Å². The molecule has 0 unspecified atom stereocenters. The zero-order valence-corrected chi connectivity index (χ0v) is 13.6. The highest BCUT2D eigenvalue weighted by atomic mass is 32.1. The average molecular weight is 320 g/mol. The zero-order chi connectivity index (χ0) is 14.8. The molecule has 3 heterocycles. The second-order valence-electron chi connectivity index (χ2n) is 4.61. The van der Waals surface area contributed by atoms with Crippen molar-refractivity contribution < 1.29 is 9.53 Å². The van der Waals surface area contributed by atoms with Crippen LogP contribution >= 0.6 is 22.7 Å². The van der Waals surface area contributed by atoms with Gasteiger partial charge < -0.3 is 4.74 Å². The van der Waals surface area contributed by atoms with E-state index in [2.05, 4.69) is 24.0 Å². The van der Waals surface area contributed by atoms with Gasteiger partial charge in [0.25, 0.3) is 0 Å². The number of aryl methyl sites for hydroxylation is 1. The molecule has 0 aliphatic rings. The summed E-state index contributed by atoms with van der Waals surface area (Å²) in [7, 11) is 0. The van der Waals surface area contributed by atoms with E-state index in [9.17, 15) is 4.79 Å². The van der Waals surface area contributed by atoms with E-state index in [1.54, 1.807) is 22.7 Å². The molecule has 3 aromatic heterocycles. The molecule has 21 heavy (non-hydrogen) atoms. The van der Waals surface area contributed by atoms with E-state index in [0.29, 0.717) is 6.61 Å². The van der Waals surface area contributed by atoms with Gasteiger partial charge in [-0.15, -0.1) is 22.7 Å². The molecule has 0 radical (unpaired) electrons. The number of carbonyl (C=O) groups excluding carboxylic acids is 1. The van der Waals surface area contributed by atoms with Gasteiger partial charge in [-0.05, 0) is 25.5 Å². The molecule has 0 amide bonds. The second kappa shape index (κ2) is 5.99. The van der Waals surface area contributed by atoms with Crippen LogP contribution in [0, 0.1) is 0 Å². The first kappa shape index (κ1) is 14.3. The van der Waals surface area contributed by atoms with Crippen molar-refractivity contribution in [1.82, 2.24) is 9.38 Å². The number of hydrogen-bond donors (Lipinski definition) is 0. The summed E-state index contributed by atoms with van der Waals surface area (Å²) >= 11 is 3.32. The minimum Gasteiger partial charge on any atom is -0.466 e. The van der Waals surface area contributed by atoms with Crippen LogP contribution in [0.2, 0.25) is 0 Å². The Bertz CT molecular complexity index is 770. The Hall–Kier alpha value is -1.66. The number of carbonyl (C=O) groups is 1. The van der Waals surface area contributed by atoms with Crippen molar-refractivity contribution in [3.8, 4) is 10.6 Å². The smallest absolute Gasteiger partial charge is 0.311 e. The third kappa shape index (κ3) is 2.87. The molecule has 4 nitrogen and oxygen atoms in total. The number of imidazole rings is 1. The van der Waals surface area contributed by atoms with Crippen LogP contribution in [0.4, 0.5) is 0 Å². The fourth-order valence-electron chi connectivity index (χ4n) is 2.14. The molecule has 6 heteroatoms. The van der Waals surface area contributed by atoms with Gasteiger partial charge in [0.15, 0.2) is 4.96 Å². The van der Waals surface area contributed by atoms with Crippen LogP contribution in [0.15, 0.2) is 23.7 Å². The number of fused-ring (bicyclic) bond motifs is 1. The highest BCUT2D eigenvalue weighted by Crippen LogP contribution is 2.29. The highest BCUT2D eigenvalue weighted by Gasteiger charge is 2.13. The maximum atomic E-state index is 11.6. The van der Waals surface area contributed by atoms with E-state index < -0.39 is 0 Å². The van der Waals surface area contributed by atoms with Gasteiger partial charge in [0.1, 0.15) is 5.69 Å². The standard InChI is InChI=1S/C15H16N2O2S2/c1-3-11-5-6-13(21-11)12-8-17-10(7-14(18)19-4-2)9-20-15(17)16-12/h5-6,8-9H,3-4,7H2,1-2H3. The minimum absolute atomic E-state index is 0.197. The average Bonchev–Trinajstić information content (AvgIpc) is 3.14. The Morgan fingerprint density at radius 3 is 2.95 bits per heavy atom. The molecule has 3 aromatic rings. The molecular formula is C15H16N2O2S2. The number of thiophene rings is 1. The maximum absolute atomic E-state index is 11.6. The van der Waals surface area contributed by atoms with Gasteiger partial charge in [0.2, 0.25) is 0 Å². The number of rotatable bonds is 5. The third-order valence-corrected chi connectivity index (χ3v) is 5.32. The van der Waals surface area contributed by atoms with Gasteiger partial charge in [0, 0.05) is 22.1 Å². The van der Waals surface area contributed by atoms with Crippen molar-refractivity contribution >= 4 is 33.6 Å². The first-order valence-electron chi connectivity index (χ1n) is 6.91. The van der Waals surface area contributed by atoms with Crippen molar-refractivity contribution in [3.63, 3.8) is 0 Å². The molecule has 0 aliphatic heterocycles. The SMILES string of the molecule is CCOC(=O)Cc1csc2nc(-c3ccc(CC)s3)cn12. The van der Waals surface area contributed by atoms with Crippen LogP contribution in [0.25, 0.3) is 15.5 Å². The van der Waals surface area contributed by atoms with E-state index in [1.165, 1.54) is 9.75 Å². The highest BCUT2D eigenvalue weighted by molar-refractivity contribution is 7.16. The Morgan fingerprint density at radius 2 is 2.24 bits per heavy atom. The Kier molecular flexibility index (Phi) is 4.07. The number of hydrogen-bond acceptors (Lipinski definition) is 5. The number of nitrogens with zero attached hydrogens (tertiary/aromatic N) is 2. The predicted octanol–water partition coefficient (Wildman–Crippen LogP) is 3.79. The van der Waals surface area contributed by atoms with Gasteiger partial charge in [-0.25, -0.2) is 4.98 Å². The van der Waals surface area contributed by atoms with Crippen molar-refractivity contribution in [2.24, 2.45) is 0 Å². The zero-order valence-electron chi connectivity index (χ0n) is 12.0. The van der Waals surface area contributed by atoms with E-state index >= 15 is 0 Å². The Labute approximate surface area is 131 Å². The van der Waals surface area contributed by atoms with E-state index in [4.69, 9.17) is 4.74 Å². The molecule has 110 valence electrons. The van der Waals surface area contributed by atoms with Crippen LogP contribution in [0.5, 0.6) is 0 Å². The van der Waals surface area contributed by atoms with Gasteiger partial charge in [-0.3, -0.25) is 9.20 Å². The topological polar surface area (TPSA) is 43.6 Å². The summed E-state index contributed by atoms with van der Waals surface area (Å²) < 4.78 is 7.00. The Morgan fingerprint density at radius 1 is 1.38 bits per heavy atom. The molecule has 0 spiro atoms. The van der Waals surface area contributed by atoms with Crippen LogP contribution in [0.1, 0.15) is 24.4 Å². The van der Waals surface area contributed by atoms with Crippen LogP contribution < -0.4 is 0 Å². The second-order valence-corrected chi connectivity index (χ2v) is 6.61. The first-order valence-corrected chi connectivity index (χ1v) is 8.61. The van der Waals surface area contributed by atoms with Crippen molar-refractivity contribution in [2.75, 3.05) is 6.61 Å². The largest absolute Gasteiger partial charge is 0.466 e. The Balaban J connectivity index is 1.90. The summed E-state index contributed by atoms with van der Waals surface area (Å²) in [5.74, 6) is -0.197. The maximum Gasteiger partial charge on any atom is 0.311 e. The lowest BCUT2D eigenvalue weighted by Crippen LogP contribution is -2.08. The molecule has 0 aromatic carbocycles. The van der Waals surface area contributed by atoms with Gasteiger partial charge in [-0.2, -0.15) is 0 Å². The molecule has 0 N–H and O–H groups in total. The summed E-state index contributed by atoms with van der Waals surface area (Å²) in [6.45, 7) is 4.38. The quantitative estimate of drug-likeness (QED) is 0.672. The number of aromatic nitrogens is 2. The van der Waals surface area contributed by atoms with Crippen LogP contribution in [-0.4, -0.2) is 22.0 Å². The van der Waals surface area contributed by atoms with Crippen LogP contribution in [0.3, 0.4) is 0 Å². The summed E-state index contributed by atoms with van der Waals surface area (Å²) in [5.41, 5.74) is 1.90. The summed E-state index contributed by atoms with van der Waals surface area (Å²) in [4.78, 5) is 19.7. The van der Waals surface area contributed by atoms with Gasteiger partial charge in [0.05, 0.1) is 17.9 Å². The number of thiazole rings is 1. The summed E-state index contributed by atoms with van der Waals surface area (Å²) in [6.07, 6.45) is 3.33. The lowest BCUT2D eigenvalue weighted by molar-refractivity contribution is -0.142. The fraction of sp³-hybridized carbons (Fsp3) is 0.333. The molecular weight excluding hydrogens is 304 g/mol. The molecule has 0 fully saturated rings. The molecule has 0 bridgehead atoms. The number of ether oxygens (including phenoxy) is 1. The molecule has 0 aliphatic carbocycles. The third-order valence-electron chi connectivity index (χ3n) is 3.18. The van der Waals surface area contributed by atoms with Gasteiger partial charge in [-0.1, -0.05) is 6.92 Å². The fourth-order valence-corrected chi connectivity index (χ4v) is 3.92. The first-order chi connectivity index (χ1) is 10.2.